The number of ether oxygens (including phenoxy) is 1. The summed E-state index contributed by atoms with van der Waals surface area (Å²) in [4.78, 5) is 0. The van der Waals surface area contributed by atoms with Crippen molar-refractivity contribution in [3.8, 4) is 5.75 Å². The van der Waals surface area contributed by atoms with Gasteiger partial charge in [0.15, 0.2) is 0 Å². The van der Waals surface area contributed by atoms with E-state index < -0.39 is 12.9 Å². The Balaban J connectivity index is 1.85. The average molecular weight is 445 g/mol. The van der Waals surface area contributed by atoms with E-state index in [9.17, 15) is 4.39 Å². The summed E-state index contributed by atoms with van der Waals surface area (Å²) in [5.74, 6) is 0.697. The molecule has 4 aromatic rings. The minimum atomic E-state index is -2.38. The monoisotopic (exact) mass is 444 g/mol. The molecule has 0 aromatic heterocycles. The summed E-state index contributed by atoms with van der Waals surface area (Å²) >= 11 is 0. The van der Waals surface area contributed by atoms with Gasteiger partial charge in [-0.25, -0.2) is 0 Å². The zero-order chi connectivity index (χ0) is 22.4. The van der Waals surface area contributed by atoms with E-state index in [0.29, 0.717) is 5.75 Å². The number of alkyl halides is 1. The number of hydrogen-bond acceptors (Lipinski definition) is 1. The first-order valence-electron chi connectivity index (χ1n) is 11.0. The van der Waals surface area contributed by atoms with Gasteiger partial charge < -0.3 is 0 Å². The second kappa shape index (κ2) is 9.67. The van der Waals surface area contributed by atoms with E-state index in [0.717, 1.165) is 6.16 Å². The van der Waals surface area contributed by atoms with Crippen LogP contribution in [0.1, 0.15) is 19.4 Å². The van der Waals surface area contributed by atoms with Gasteiger partial charge in [-0.3, -0.25) is 0 Å². The maximum absolute atomic E-state index is 13.9. The molecule has 0 saturated carbocycles. The van der Waals surface area contributed by atoms with Gasteiger partial charge in [-0.2, -0.15) is 0 Å². The number of halogens is 1. The summed E-state index contributed by atoms with van der Waals surface area (Å²) < 4.78 is 19.6. The molecule has 164 valence electrons. The van der Waals surface area contributed by atoms with Gasteiger partial charge in [-0.1, -0.05) is 0 Å². The summed E-state index contributed by atoms with van der Waals surface area (Å²) in [7, 11) is -2.38. The van der Waals surface area contributed by atoms with E-state index >= 15 is 0 Å². The molecule has 1 nitrogen and oxygen atoms in total. The molecule has 4 aromatic carbocycles. The molecule has 0 heterocycles. The van der Waals surface area contributed by atoms with Crippen LogP contribution in [0.5, 0.6) is 5.75 Å². The fraction of sp³-hybridized carbons (Fsp3) is 0.172. The third-order valence-electron chi connectivity index (χ3n) is 5.77. The van der Waals surface area contributed by atoms with E-state index in [-0.39, 0.29) is 6.61 Å². The first kappa shape index (κ1) is 22.2. The molecule has 0 aliphatic rings. The van der Waals surface area contributed by atoms with Gasteiger partial charge in [0, 0.05) is 0 Å². The van der Waals surface area contributed by atoms with Crippen LogP contribution in [0.4, 0.5) is 4.39 Å². The molecule has 0 saturated heterocycles. The molecule has 0 unspecified atom stereocenters. The van der Waals surface area contributed by atoms with Gasteiger partial charge in [0.05, 0.1) is 0 Å². The third-order valence-corrected chi connectivity index (χ3v) is 10.7. The average Bonchev–Trinajstić information content (AvgIpc) is 2.83. The normalized spacial score (nSPS) is 12.3. The van der Waals surface area contributed by atoms with Crippen molar-refractivity contribution in [1.82, 2.24) is 0 Å². The second-order valence-electron chi connectivity index (χ2n) is 8.83. The van der Waals surface area contributed by atoms with Crippen LogP contribution < -0.4 is 20.7 Å². The first-order valence-corrected chi connectivity index (χ1v) is 13.3. The Kier molecular flexibility index (Phi) is 6.72. The number of benzene rings is 4. The molecule has 0 amide bonds. The van der Waals surface area contributed by atoms with E-state index in [1.165, 1.54) is 35.3 Å². The van der Waals surface area contributed by atoms with Gasteiger partial charge in [0.25, 0.3) is 0 Å². The fourth-order valence-electron chi connectivity index (χ4n) is 4.24. The summed E-state index contributed by atoms with van der Waals surface area (Å²) in [6.07, 6.45) is 0.958. The quantitative estimate of drug-likeness (QED) is 0.301. The molecule has 4 rings (SSSR count). The third kappa shape index (κ3) is 5.09. The molecule has 0 aliphatic heterocycles. The number of hydrogen-bond donors (Lipinski definition) is 0. The summed E-state index contributed by atoms with van der Waals surface area (Å²) in [6, 6.07) is 40.8. The van der Waals surface area contributed by atoms with Crippen LogP contribution >= 0.6 is 7.26 Å². The topological polar surface area (TPSA) is 9.23 Å². The Labute approximate surface area is 191 Å². The predicted octanol–water partition coefficient (Wildman–Crippen LogP) is 6.04. The molecule has 0 bridgehead atoms. The van der Waals surface area contributed by atoms with E-state index in [2.05, 4.69) is 103 Å². The van der Waals surface area contributed by atoms with Crippen molar-refractivity contribution in [2.45, 2.75) is 25.7 Å². The van der Waals surface area contributed by atoms with Crippen LogP contribution in [0.3, 0.4) is 0 Å². The Morgan fingerprint density at radius 1 is 0.625 bits per heavy atom. The molecule has 3 heteroatoms. The second-order valence-corrected chi connectivity index (χ2v) is 12.7. The van der Waals surface area contributed by atoms with Crippen LogP contribution in [0, 0.1) is 0 Å². The summed E-state index contributed by atoms with van der Waals surface area (Å²) in [5.41, 5.74) is -0.0372. The molecular weight excluding hydrogens is 414 g/mol. The van der Waals surface area contributed by atoms with Crippen molar-refractivity contribution < 1.29 is 9.13 Å². The summed E-state index contributed by atoms with van der Waals surface area (Å²) in [6.45, 7) is 3.10. The molecule has 0 atom stereocenters. The zero-order valence-electron chi connectivity index (χ0n) is 18.7. The first-order chi connectivity index (χ1) is 15.5. The van der Waals surface area contributed by atoms with E-state index in [1.54, 1.807) is 0 Å². The molecule has 0 fully saturated rings. The SMILES string of the molecule is CC(C)(F)COc1ccc([PH](Cc2ccccc2)(c2ccccc2)c2ccccc2)cc1. The van der Waals surface area contributed by atoms with Gasteiger partial charge in [-0.15, -0.1) is 0 Å². The molecule has 0 N–H and O–H groups in total. The van der Waals surface area contributed by atoms with Gasteiger partial charge in [-0.05, 0) is 0 Å². The molecule has 0 aliphatic carbocycles. The van der Waals surface area contributed by atoms with Crippen LogP contribution in [-0.2, 0) is 6.16 Å². The predicted molar refractivity (Wildman–Crippen MR) is 137 cm³/mol. The van der Waals surface area contributed by atoms with Crippen LogP contribution in [0.15, 0.2) is 115 Å². The Morgan fingerprint density at radius 3 is 1.53 bits per heavy atom. The maximum atomic E-state index is 13.9. The van der Waals surface area contributed by atoms with Crippen molar-refractivity contribution in [3.05, 3.63) is 121 Å². The van der Waals surface area contributed by atoms with Crippen LogP contribution in [-0.4, -0.2) is 12.3 Å². The van der Waals surface area contributed by atoms with Crippen molar-refractivity contribution in [2.75, 3.05) is 6.61 Å². The number of rotatable bonds is 8. The van der Waals surface area contributed by atoms with Gasteiger partial charge in [0.1, 0.15) is 0 Å². The standard InChI is InChI=1S/C29H30FOP/c1-29(2,30)23-31-25-18-20-28(21-19-25)32(26-14-8-4-9-15-26,27-16-10-5-11-17-27)22-24-12-6-3-7-13-24/h3-21,32H,22-23H2,1-2H3. The zero-order valence-corrected chi connectivity index (χ0v) is 19.7. The Morgan fingerprint density at radius 2 is 1.06 bits per heavy atom. The van der Waals surface area contributed by atoms with Crippen molar-refractivity contribution in [3.63, 3.8) is 0 Å². The van der Waals surface area contributed by atoms with Crippen LogP contribution in [0.2, 0.25) is 0 Å². The van der Waals surface area contributed by atoms with Crippen molar-refractivity contribution in [1.29, 1.82) is 0 Å². The van der Waals surface area contributed by atoms with Crippen molar-refractivity contribution >= 4 is 23.2 Å². The molecule has 32 heavy (non-hydrogen) atoms. The fourth-order valence-corrected chi connectivity index (χ4v) is 8.96. The van der Waals surface area contributed by atoms with E-state index in [1.807, 2.05) is 12.1 Å². The summed E-state index contributed by atoms with van der Waals surface area (Å²) in [5, 5.41) is 4.05. The van der Waals surface area contributed by atoms with Crippen molar-refractivity contribution in [2.24, 2.45) is 0 Å². The molecule has 0 radical (unpaired) electrons. The Hall–Kier alpha value is -2.96. The van der Waals surface area contributed by atoms with Gasteiger partial charge in [0.2, 0.25) is 0 Å². The van der Waals surface area contributed by atoms with Gasteiger partial charge >= 0.3 is 191 Å². The molecular formula is C29H30FOP. The van der Waals surface area contributed by atoms with Crippen LogP contribution in [0.25, 0.3) is 0 Å². The van der Waals surface area contributed by atoms with E-state index in [4.69, 9.17) is 4.74 Å². The Bertz CT molecular complexity index is 1070. The molecule has 0 spiro atoms. The minimum absolute atomic E-state index is 0.0380.